The number of hydrogen-bond donors (Lipinski definition) is 1. The van der Waals surface area contributed by atoms with Gasteiger partial charge in [0.05, 0.1) is 28.8 Å². The fourth-order valence-electron chi connectivity index (χ4n) is 3.22. The number of fused-ring (bicyclic) bond motifs is 1. The van der Waals surface area contributed by atoms with E-state index in [0.29, 0.717) is 33.3 Å². The Hall–Kier alpha value is -4.31. The molecular formula is C22H17ClN8O2. The van der Waals surface area contributed by atoms with E-state index in [1.165, 1.54) is 11.0 Å². The summed E-state index contributed by atoms with van der Waals surface area (Å²) in [7, 11) is 0. The Morgan fingerprint density at radius 2 is 1.88 bits per heavy atom. The van der Waals surface area contributed by atoms with Crippen LogP contribution in [0.1, 0.15) is 5.69 Å². The molecule has 0 fully saturated rings. The van der Waals surface area contributed by atoms with Gasteiger partial charge in [0.2, 0.25) is 11.8 Å². The molecule has 33 heavy (non-hydrogen) atoms. The standard InChI is InChI=1S/C22H17ClN8O2/c23-18-8-4-5-9-19(18)27-20(32)12-30-11-15(28-29-30)13-33-22-17-10-26-31(21(17)24-14-25-22)16-6-2-1-3-7-16/h1-11,14H,12-13H2,(H,27,32). The van der Waals surface area contributed by atoms with Crippen molar-refractivity contribution in [1.82, 2.24) is 34.7 Å². The number of benzene rings is 2. The number of anilines is 1. The first-order valence-electron chi connectivity index (χ1n) is 9.98. The largest absolute Gasteiger partial charge is 0.470 e. The van der Waals surface area contributed by atoms with Gasteiger partial charge in [-0.2, -0.15) is 5.10 Å². The van der Waals surface area contributed by atoms with Crippen LogP contribution >= 0.6 is 11.6 Å². The molecular weight excluding hydrogens is 444 g/mol. The summed E-state index contributed by atoms with van der Waals surface area (Å²) in [6.45, 7) is 0.106. The highest BCUT2D eigenvalue weighted by atomic mass is 35.5. The fourth-order valence-corrected chi connectivity index (χ4v) is 3.40. The lowest BCUT2D eigenvalue weighted by molar-refractivity contribution is -0.116. The maximum absolute atomic E-state index is 12.3. The highest BCUT2D eigenvalue weighted by molar-refractivity contribution is 6.33. The lowest BCUT2D eigenvalue weighted by atomic mass is 10.3. The molecule has 164 valence electrons. The van der Waals surface area contributed by atoms with Crippen molar-refractivity contribution in [3.8, 4) is 11.6 Å². The average molecular weight is 461 g/mol. The van der Waals surface area contributed by atoms with E-state index in [0.717, 1.165) is 5.69 Å². The second-order valence-corrected chi connectivity index (χ2v) is 7.44. The number of carbonyl (C=O) groups is 1. The van der Waals surface area contributed by atoms with Gasteiger partial charge in [-0.15, -0.1) is 5.10 Å². The first-order valence-corrected chi connectivity index (χ1v) is 10.4. The zero-order valence-electron chi connectivity index (χ0n) is 17.2. The van der Waals surface area contributed by atoms with Crippen molar-refractivity contribution in [2.45, 2.75) is 13.2 Å². The van der Waals surface area contributed by atoms with Gasteiger partial charge in [-0.25, -0.2) is 19.3 Å². The summed E-state index contributed by atoms with van der Waals surface area (Å²) in [6.07, 6.45) is 4.72. The number of aromatic nitrogens is 7. The molecule has 0 aliphatic heterocycles. The molecule has 3 aromatic heterocycles. The Labute approximate surface area is 192 Å². The molecule has 5 rings (SSSR count). The molecule has 2 aromatic carbocycles. The second kappa shape index (κ2) is 9.05. The summed E-state index contributed by atoms with van der Waals surface area (Å²) < 4.78 is 8.99. The molecule has 0 aliphatic rings. The van der Waals surface area contributed by atoms with Crippen molar-refractivity contribution in [2.75, 3.05) is 5.32 Å². The number of nitrogens with one attached hydrogen (secondary N) is 1. The number of hydrogen-bond acceptors (Lipinski definition) is 7. The van der Waals surface area contributed by atoms with Crippen LogP contribution < -0.4 is 10.1 Å². The van der Waals surface area contributed by atoms with Crippen LogP contribution in [0, 0.1) is 0 Å². The maximum Gasteiger partial charge on any atom is 0.246 e. The van der Waals surface area contributed by atoms with Crippen LogP contribution in [0.4, 0.5) is 5.69 Å². The monoisotopic (exact) mass is 460 g/mol. The quantitative estimate of drug-likeness (QED) is 0.396. The van der Waals surface area contributed by atoms with Gasteiger partial charge in [0.15, 0.2) is 5.65 Å². The second-order valence-electron chi connectivity index (χ2n) is 7.03. The molecule has 3 heterocycles. The minimum absolute atomic E-state index is 0.0141. The molecule has 0 radical (unpaired) electrons. The lowest BCUT2D eigenvalue weighted by Gasteiger charge is -2.06. The van der Waals surface area contributed by atoms with Gasteiger partial charge < -0.3 is 10.1 Å². The zero-order valence-corrected chi connectivity index (χ0v) is 17.9. The van der Waals surface area contributed by atoms with Crippen molar-refractivity contribution in [3.63, 3.8) is 0 Å². The van der Waals surface area contributed by atoms with Crippen molar-refractivity contribution in [2.24, 2.45) is 0 Å². The first kappa shape index (κ1) is 20.6. The number of carbonyl (C=O) groups excluding carboxylic acids is 1. The third-order valence-corrected chi connectivity index (χ3v) is 5.06. The van der Waals surface area contributed by atoms with Crippen LogP contribution in [0.3, 0.4) is 0 Å². The Kier molecular flexibility index (Phi) is 5.64. The van der Waals surface area contributed by atoms with Crippen LogP contribution in [0.5, 0.6) is 5.88 Å². The average Bonchev–Trinajstić information content (AvgIpc) is 3.47. The number of nitrogens with zero attached hydrogens (tertiary/aromatic N) is 7. The smallest absolute Gasteiger partial charge is 0.246 e. The van der Waals surface area contributed by atoms with Gasteiger partial charge in [0, 0.05) is 0 Å². The van der Waals surface area contributed by atoms with Crippen molar-refractivity contribution in [3.05, 3.63) is 84.0 Å². The molecule has 0 spiro atoms. The molecule has 1 N–H and O–H groups in total. The van der Waals surface area contributed by atoms with Gasteiger partial charge in [-0.3, -0.25) is 4.79 Å². The minimum atomic E-state index is -0.272. The predicted octanol–water partition coefficient (Wildman–Crippen LogP) is 3.28. The van der Waals surface area contributed by atoms with Gasteiger partial charge >= 0.3 is 0 Å². The van der Waals surface area contributed by atoms with Crippen LogP contribution in [0.25, 0.3) is 16.7 Å². The summed E-state index contributed by atoms with van der Waals surface area (Å²) in [4.78, 5) is 20.8. The van der Waals surface area contributed by atoms with Gasteiger partial charge in [0.1, 0.15) is 30.6 Å². The Balaban J connectivity index is 1.25. The van der Waals surface area contributed by atoms with Crippen molar-refractivity contribution in [1.29, 1.82) is 0 Å². The minimum Gasteiger partial charge on any atom is -0.470 e. The van der Waals surface area contributed by atoms with E-state index in [-0.39, 0.29) is 19.1 Å². The number of rotatable bonds is 7. The van der Waals surface area contributed by atoms with Crippen LogP contribution in [0.2, 0.25) is 5.02 Å². The summed E-state index contributed by atoms with van der Waals surface area (Å²) >= 11 is 6.07. The van der Waals surface area contributed by atoms with Gasteiger partial charge in [-0.1, -0.05) is 47.1 Å². The molecule has 10 nitrogen and oxygen atoms in total. The van der Waals surface area contributed by atoms with Crippen LogP contribution in [0.15, 0.2) is 73.3 Å². The third-order valence-electron chi connectivity index (χ3n) is 4.73. The van der Waals surface area contributed by atoms with E-state index in [1.807, 2.05) is 30.3 Å². The lowest BCUT2D eigenvalue weighted by Crippen LogP contribution is -2.19. The molecule has 0 unspecified atom stereocenters. The Morgan fingerprint density at radius 3 is 2.73 bits per heavy atom. The van der Waals surface area contributed by atoms with E-state index in [4.69, 9.17) is 16.3 Å². The highest BCUT2D eigenvalue weighted by Gasteiger charge is 2.13. The van der Waals surface area contributed by atoms with E-state index >= 15 is 0 Å². The topological polar surface area (TPSA) is 113 Å². The normalized spacial score (nSPS) is 10.9. The summed E-state index contributed by atoms with van der Waals surface area (Å²) in [6, 6.07) is 16.7. The molecule has 0 bridgehead atoms. The fraction of sp³-hybridized carbons (Fsp3) is 0.0909. The molecule has 0 saturated carbocycles. The van der Waals surface area contributed by atoms with E-state index in [2.05, 4.69) is 30.7 Å². The van der Waals surface area contributed by atoms with E-state index in [9.17, 15) is 4.79 Å². The van der Waals surface area contributed by atoms with Crippen LogP contribution in [-0.2, 0) is 17.9 Å². The summed E-state index contributed by atoms with van der Waals surface area (Å²) in [5.41, 5.74) is 2.60. The van der Waals surface area contributed by atoms with E-state index < -0.39 is 0 Å². The molecule has 1 amide bonds. The molecule has 0 aliphatic carbocycles. The predicted molar refractivity (Wildman–Crippen MR) is 121 cm³/mol. The van der Waals surface area contributed by atoms with Gasteiger partial charge in [-0.05, 0) is 24.3 Å². The van der Waals surface area contributed by atoms with Crippen molar-refractivity contribution < 1.29 is 9.53 Å². The number of para-hydroxylation sites is 2. The molecule has 5 aromatic rings. The SMILES string of the molecule is O=C(Cn1cc(COc2ncnc3c2cnn3-c2ccccc2)nn1)Nc1ccccc1Cl. The van der Waals surface area contributed by atoms with E-state index in [1.54, 1.807) is 41.3 Å². The Bertz CT molecular complexity index is 1420. The van der Waals surface area contributed by atoms with Gasteiger partial charge in [0.25, 0.3) is 0 Å². The zero-order chi connectivity index (χ0) is 22.6. The molecule has 0 saturated heterocycles. The number of halogens is 1. The van der Waals surface area contributed by atoms with Crippen LogP contribution in [-0.4, -0.2) is 40.6 Å². The first-order chi connectivity index (χ1) is 16.2. The highest BCUT2D eigenvalue weighted by Crippen LogP contribution is 2.24. The Morgan fingerprint density at radius 1 is 1.06 bits per heavy atom. The van der Waals surface area contributed by atoms with Crippen molar-refractivity contribution >= 4 is 34.2 Å². The summed E-state index contributed by atoms with van der Waals surface area (Å²) in [5.74, 6) is 0.111. The number of ether oxygens (including phenoxy) is 1. The third kappa shape index (κ3) is 4.51. The number of amides is 1. The molecule has 11 heteroatoms. The molecule has 0 atom stereocenters. The summed E-state index contributed by atoms with van der Waals surface area (Å²) in [5, 5.41) is 16.3. The maximum atomic E-state index is 12.3.